The van der Waals surface area contributed by atoms with Gasteiger partial charge in [-0.3, -0.25) is 4.98 Å². The summed E-state index contributed by atoms with van der Waals surface area (Å²) in [5, 5.41) is 1.82. The van der Waals surface area contributed by atoms with Crippen molar-refractivity contribution >= 4 is 26.5 Å². The van der Waals surface area contributed by atoms with E-state index in [0.29, 0.717) is 5.92 Å². The van der Waals surface area contributed by atoms with Crippen LogP contribution in [0.1, 0.15) is 57.1 Å². The molecule has 1 heterocycles. The maximum atomic E-state index is 7.10. The van der Waals surface area contributed by atoms with E-state index in [1.807, 2.05) is 38.2 Å². The van der Waals surface area contributed by atoms with Gasteiger partial charge in [-0.25, -0.2) is 0 Å². The minimum Gasteiger partial charge on any atom is -0.256 e. The van der Waals surface area contributed by atoms with Gasteiger partial charge in [0.1, 0.15) is 0 Å². The average Bonchev–Trinajstić information content (AvgIpc) is 2.88. The molecule has 2 bridgehead atoms. The molecule has 4 radical (unpaired) electrons. The summed E-state index contributed by atoms with van der Waals surface area (Å²) in [6, 6.07) is 26.1. The summed E-state index contributed by atoms with van der Waals surface area (Å²) in [5.74, 6) is 1.42. The number of nitrogens with zero attached hydrogens (tertiary/aromatic N) is 1. The number of pyridine rings is 1. The Kier molecular flexibility index (Phi) is 5.44. The lowest BCUT2D eigenvalue weighted by Crippen LogP contribution is -2.45. The fourth-order valence-electron chi connectivity index (χ4n) is 6.56. The molecule has 4 aromatic rings. The van der Waals surface area contributed by atoms with Crippen molar-refractivity contribution < 1.29 is 0 Å². The zero-order valence-electron chi connectivity index (χ0n) is 20.8. The molecule has 3 heteroatoms. The van der Waals surface area contributed by atoms with Crippen molar-refractivity contribution in [2.75, 3.05) is 0 Å². The summed E-state index contributed by atoms with van der Waals surface area (Å²) in [4.78, 5) is 4.76. The first-order valence-electron chi connectivity index (χ1n) is 13.0. The van der Waals surface area contributed by atoms with Crippen LogP contribution in [0.2, 0.25) is 0 Å². The molecule has 7 rings (SSSR count). The summed E-state index contributed by atoms with van der Waals surface area (Å²) in [7, 11) is 13.7. The van der Waals surface area contributed by atoms with Gasteiger partial charge in [0.15, 0.2) is 0 Å². The number of rotatable bonds is 4. The molecule has 0 saturated heterocycles. The number of hydrogen-bond donors (Lipinski definition) is 0. The molecule has 1 atom stereocenters. The zero-order chi connectivity index (χ0) is 24.2. The molecule has 3 fully saturated rings. The van der Waals surface area contributed by atoms with Gasteiger partial charge < -0.3 is 0 Å². The minimum absolute atomic E-state index is 0.166. The molecule has 1 aromatic heterocycles. The maximum absolute atomic E-state index is 7.10. The quantitative estimate of drug-likeness (QED) is 0.292. The van der Waals surface area contributed by atoms with Gasteiger partial charge in [0.05, 0.1) is 21.4 Å². The SMILES string of the molecule is [B]C(C)(C)c1cnc(-c2ccccc2)cc1-c1ccc2cc(C3([B])CC4CCC3CC4)ccc2c1. The second kappa shape index (κ2) is 8.40. The Balaban J connectivity index is 1.42. The zero-order valence-corrected chi connectivity index (χ0v) is 20.8. The van der Waals surface area contributed by atoms with Crippen molar-refractivity contribution in [1.29, 1.82) is 0 Å². The van der Waals surface area contributed by atoms with Crippen molar-refractivity contribution in [3.8, 4) is 22.4 Å². The normalized spacial score (nSPS) is 24.1. The fourth-order valence-corrected chi connectivity index (χ4v) is 6.56. The monoisotopic (exact) mass is 451 g/mol. The van der Waals surface area contributed by atoms with E-state index < -0.39 is 5.31 Å². The molecule has 1 nitrogen and oxygen atoms in total. The van der Waals surface area contributed by atoms with Crippen LogP contribution in [0.5, 0.6) is 0 Å². The summed E-state index contributed by atoms with van der Waals surface area (Å²) < 4.78 is 0. The largest absolute Gasteiger partial charge is 0.256 e. The Labute approximate surface area is 212 Å². The van der Waals surface area contributed by atoms with Gasteiger partial charge >= 0.3 is 0 Å². The molecule has 3 aromatic carbocycles. The van der Waals surface area contributed by atoms with Gasteiger partial charge in [0, 0.05) is 11.8 Å². The lowest BCUT2D eigenvalue weighted by Gasteiger charge is -2.51. The highest BCUT2D eigenvalue weighted by molar-refractivity contribution is 6.17. The van der Waals surface area contributed by atoms with Gasteiger partial charge in [0.25, 0.3) is 0 Å². The smallest absolute Gasteiger partial charge is 0.0814 e. The maximum Gasteiger partial charge on any atom is 0.0814 e. The van der Waals surface area contributed by atoms with Crippen LogP contribution in [0.25, 0.3) is 33.2 Å². The highest BCUT2D eigenvalue weighted by Gasteiger charge is 2.44. The Hall–Kier alpha value is -2.80. The highest BCUT2D eigenvalue weighted by Crippen LogP contribution is 2.52. The minimum atomic E-state index is -0.497. The predicted molar refractivity (Wildman–Crippen MR) is 149 cm³/mol. The van der Waals surface area contributed by atoms with Gasteiger partial charge in [-0.2, -0.15) is 0 Å². The van der Waals surface area contributed by atoms with E-state index >= 15 is 0 Å². The van der Waals surface area contributed by atoms with Crippen LogP contribution >= 0.6 is 0 Å². The number of fused-ring (bicyclic) bond motifs is 4. The van der Waals surface area contributed by atoms with Crippen LogP contribution in [0, 0.1) is 11.8 Å². The third kappa shape index (κ3) is 4.03. The van der Waals surface area contributed by atoms with Crippen LogP contribution in [0.4, 0.5) is 0 Å². The van der Waals surface area contributed by atoms with Gasteiger partial charge in [-0.15, -0.1) is 0 Å². The van der Waals surface area contributed by atoms with E-state index in [1.165, 1.54) is 42.0 Å². The summed E-state index contributed by atoms with van der Waals surface area (Å²) in [6.07, 6.45) is 8.36. The van der Waals surface area contributed by atoms with Crippen LogP contribution in [-0.4, -0.2) is 20.7 Å². The molecule has 0 amide bonds. The molecule has 1 unspecified atom stereocenters. The lowest BCUT2D eigenvalue weighted by atomic mass is 9.45. The molecular weight excluding hydrogens is 420 g/mol. The van der Waals surface area contributed by atoms with E-state index in [0.717, 1.165) is 40.3 Å². The van der Waals surface area contributed by atoms with E-state index in [9.17, 15) is 0 Å². The number of hydrogen-bond acceptors (Lipinski definition) is 1. The Bertz CT molecular complexity index is 1380. The summed E-state index contributed by atoms with van der Waals surface area (Å²) >= 11 is 0. The van der Waals surface area contributed by atoms with E-state index in [-0.39, 0.29) is 5.31 Å². The molecule has 3 aliphatic rings. The summed E-state index contributed by atoms with van der Waals surface area (Å²) in [6.45, 7) is 4.09. The average molecular weight is 451 g/mol. The van der Waals surface area contributed by atoms with Crippen LogP contribution in [-0.2, 0) is 10.6 Å². The molecule has 0 spiro atoms. The number of aromatic nitrogens is 1. The van der Waals surface area contributed by atoms with Crippen molar-refractivity contribution in [3.05, 3.63) is 90.1 Å². The van der Waals surface area contributed by atoms with Crippen LogP contribution in [0.15, 0.2) is 79.0 Å². The molecule has 0 N–H and O–H groups in total. The first-order valence-corrected chi connectivity index (χ1v) is 13.0. The van der Waals surface area contributed by atoms with Gasteiger partial charge in [0.2, 0.25) is 0 Å². The summed E-state index contributed by atoms with van der Waals surface area (Å²) in [5.41, 5.74) is 6.73. The van der Waals surface area contributed by atoms with Crippen molar-refractivity contribution in [2.45, 2.75) is 56.6 Å². The van der Waals surface area contributed by atoms with Crippen LogP contribution < -0.4 is 0 Å². The van der Waals surface area contributed by atoms with Crippen molar-refractivity contribution in [2.24, 2.45) is 11.8 Å². The highest BCUT2D eigenvalue weighted by atomic mass is 14.7. The predicted octanol–water partition coefficient (Wildman–Crippen LogP) is 7.55. The lowest BCUT2D eigenvalue weighted by molar-refractivity contribution is 0.118. The molecular formula is C32H31B2N. The van der Waals surface area contributed by atoms with E-state index in [2.05, 4.69) is 54.6 Å². The molecule has 170 valence electrons. The Morgan fingerprint density at radius 2 is 1.54 bits per heavy atom. The standard InChI is InChI=1S/C32H31B2N/c1-31(2,33)29-20-35-30(22-6-4-3-5-7-22)18-28(29)25-11-10-24-17-27(15-12-23(24)16-25)32(34)19-21-8-13-26(32)14-9-21/h3-7,10-12,15-18,20-21,26H,8-9,13-14,19H2,1-2H3. The fraction of sp³-hybridized carbons (Fsp3) is 0.344. The topological polar surface area (TPSA) is 12.9 Å². The van der Waals surface area contributed by atoms with E-state index in [4.69, 9.17) is 20.7 Å². The van der Waals surface area contributed by atoms with Gasteiger partial charge in [-0.1, -0.05) is 100 Å². The molecule has 3 aliphatic carbocycles. The Morgan fingerprint density at radius 1 is 0.829 bits per heavy atom. The van der Waals surface area contributed by atoms with E-state index in [1.54, 1.807) is 0 Å². The Morgan fingerprint density at radius 3 is 2.23 bits per heavy atom. The molecule has 3 saturated carbocycles. The first kappa shape index (κ1) is 22.7. The second-order valence-corrected chi connectivity index (χ2v) is 11.4. The third-order valence-corrected chi connectivity index (χ3v) is 8.56. The second-order valence-electron chi connectivity index (χ2n) is 11.4. The molecule has 35 heavy (non-hydrogen) atoms. The van der Waals surface area contributed by atoms with Gasteiger partial charge in [-0.05, 0) is 74.0 Å². The van der Waals surface area contributed by atoms with Crippen molar-refractivity contribution in [3.63, 3.8) is 0 Å². The first-order chi connectivity index (χ1) is 16.8. The molecule has 0 aliphatic heterocycles. The number of benzene rings is 3. The van der Waals surface area contributed by atoms with Crippen LogP contribution in [0.3, 0.4) is 0 Å². The van der Waals surface area contributed by atoms with Crippen molar-refractivity contribution in [1.82, 2.24) is 4.98 Å². The third-order valence-electron chi connectivity index (χ3n) is 8.56.